The second-order valence-electron chi connectivity index (χ2n) is 5.61. The molecule has 2 aromatic heterocycles. The highest BCUT2D eigenvalue weighted by Crippen LogP contribution is 2.34. The summed E-state index contributed by atoms with van der Waals surface area (Å²) in [7, 11) is 4.53. The highest BCUT2D eigenvalue weighted by molar-refractivity contribution is 7.09. The lowest BCUT2D eigenvalue weighted by molar-refractivity contribution is 0.0944. The fraction of sp³-hybridized carbons (Fsp3) is 0.263. The molecule has 0 bridgehead atoms. The third kappa shape index (κ3) is 4.06. The van der Waals surface area contributed by atoms with Crippen molar-refractivity contribution in [2.24, 2.45) is 0 Å². The highest BCUT2D eigenvalue weighted by Gasteiger charge is 2.18. The monoisotopic (exact) mass is 388 g/mol. The number of aromatic nitrogens is 1. The smallest absolute Gasteiger partial charge is 0.255 e. The average Bonchev–Trinajstić information content (AvgIpc) is 3.33. The van der Waals surface area contributed by atoms with E-state index in [0.717, 1.165) is 10.7 Å². The van der Waals surface area contributed by atoms with Crippen LogP contribution in [0.4, 0.5) is 0 Å². The van der Waals surface area contributed by atoms with Gasteiger partial charge in [-0.25, -0.2) is 4.98 Å². The number of amides is 1. The molecule has 27 heavy (non-hydrogen) atoms. The largest absolute Gasteiger partial charge is 0.496 e. The van der Waals surface area contributed by atoms with Crippen molar-refractivity contribution in [3.05, 3.63) is 46.0 Å². The standard InChI is InChI=1S/C19H20N2O5S/c1-11-21-14(10-27-11)15-6-5-12(26-15)9-20-19(22)13-7-17(24-3)18(25-4)8-16(13)23-2/h5-8,10H,9H2,1-4H3,(H,20,22). The Bertz CT molecular complexity index is 947. The number of rotatable bonds is 7. The first kappa shape index (κ1) is 18.8. The number of carbonyl (C=O) groups is 1. The van der Waals surface area contributed by atoms with Crippen LogP contribution in [0.3, 0.4) is 0 Å². The number of nitrogens with zero attached hydrogens (tertiary/aromatic N) is 1. The molecule has 3 rings (SSSR count). The zero-order chi connectivity index (χ0) is 19.4. The normalized spacial score (nSPS) is 10.5. The van der Waals surface area contributed by atoms with Gasteiger partial charge < -0.3 is 23.9 Å². The molecule has 8 heteroatoms. The van der Waals surface area contributed by atoms with Gasteiger partial charge in [-0.3, -0.25) is 4.79 Å². The molecule has 0 fully saturated rings. The number of ether oxygens (including phenoxy) is 3. The molecule has 0 radical (unpaired) electrons. The lowest BCUT2D eigenvalue weighted by Crippen LogP contribution is -2.23. The summed E-state index contributed by atoms with van der Waals surface area (Å²) < 4.78 is 21.5. The molecule has 0 aliphatic carbocycles. The molecule has 0 atom stereocenters. The van der Waals surface area contributed by atoms with Crippen molar-refractivity contribution >= 4 is 17.2 Å². The predicted molar refractivity (Wildman–Crippen MR) is 102 cm³/mol. The van der Waals surface area contributed by atoms with Crippen LogP contribution in [0.5, 0.6) is 17.2 Å². The molecule has 0 saturated carbocycles. The van der Waals surface area contributed by atoms with Gasteiger partial charge in [0.1, 0.15) is 17.2 Å². The molecule has 1 N–H and O–H groups in total. The third-order valence-corrected chi connectivity index (χ3v) is 4.68. The molecule has 1 aromatic carbocycles. The summed E-state index contributed by atoms with van der Waals surface area (Å²) >= 11 is 1.56. The summed E-state index contributed by atoms with van der Waals surface area (Å²) in [5.41, 5.74) is 1.13. The molecule has 0 unspecified atom stereocenters. The maximum absolute atomic E-state index is 12.6. The van der Waals surface area contributed by atoms with Crippen LogP contribution in [-0.4, -0.2) is 32.2 Å². The Morgan fingerprint density at radius 2 is 1.81 bits per heavy atom. The quantitative estimate of drug-likeness (QED) is 0.665. The second-order valence-corrected chi connectivity index (χ2v) is 6.67. The number of hydrogen-bond acceptors (Lipinski definition) is 7. The van der Waals surface area contributed by atoms with Crippen LogP contribution < -0.4 is 19.5 Å². The van der Waals surface area contributed by atoms with Gasteiger partial charge in [-0.1, -0.05) is 0 Å². The Balaban J connectivity index is 1.73. The second kappa shape index (κ2) is 8.13. The van der Waals surface area contributed by atoms with E-state index in [1.807, 2.05) is 24.4 Å². The Labute approximate surface area is 160 Å². The summed E-state index contributed by atoms with van der Waals surface area (Å²) in [5, 5.41) is 5.73. The van der Waals surface area contributed by atoms with E-state index in [9.17, 15) is 4.79 Å². The molecular weight excluding hydrogens is 368 g/mol. The fourth-order valence-corrected chi connectivity index (χ4v) is 3.16. The van der Waals surface area contributed by atoms with E-state index in [-0.39, 0.29) is 12.5 Å². The molecule has 1 amide bonds. The van der Waals surface area contributed by atoms with Crippen LogP contribution in [0.2, 0.25) is 0 Å². The van der Waals surface area contributed by atoms with Gasteiger partial charge in [0.2, 0.25) is 0 Å². The van der Waals surface area contributed by atoms with E-state index in [1.165, 1.54) is 21.3 Å². The number of hydrogen-bond donors (Lipinski definition) is 1. The summed E-state index contributed by atoms with van der Waals surface area (Å²) in [6.07, 6.45) is 0. The lowest BCUT2D eigenvalue weighted by Gasteiger charge is -2.13. The van der Waals surface area contributed by atoms with Gasteiger partial charge in [-0.05, 0) is 19.1 Å². The van der Waals surface area contributed by atoms with Crippen LogP contribution in [0.15, 0.2) is 34.1 Å². The third-order valence-electron chi connectivity index (χ3n) is 3.91. The summed E-state index contributed by atoms with van der Waals surface area (Å²) in [6.45, 7) is 2.17. The number of methoxy groups -OCH3 is 3. The number of nitrogens with one attached hydrogen (secondary N) is 1. The molecule has 3 aromatic rings. The fourth-order valence-electron chi connectivity index (χ4n) is 2.56. The zero-order valence-electron chi connectivity index (χ0n) is 15.5. The van der Waals surface area contributed by atoms with Crippen LogP contribution in [0, 0.1) is 6.92 Å². The first-order valence-corrected chi connectivity index (χ1v) is 9.03. The number of thiazole rings is 1. The Morgan fingerprint density at radius 3 is 2.44 bits per heavy atom. The Hall–Kier alpha value is -3.00. The van der Waals surface area contributed by atoms with E-state index in [4.69, 9.17) is 18.6 Å². The van der Waals surface area contributed by atoms with Crippen molar-refractivity contribution in [3.8, 4) is 28.7 Å². The van der Waals surface area contributed by atoms with Crippen molar-refractivity contribution in [1.82, 2.24) is 10.3 Å². The SMILES string of the molecule is COc1cc(OC)c(C(=O)NCc2ccc(-c3csc(C)n3)o2)cc1OC. The maximum Gasteiger partial charge on any atom is 0.255 e. The van der Waals surface area contributed by atoms with Crippen LogP contribution in [-0.2, 0) is 6.54 Å². The average molecular weight is 388 g/mol. The number of furan rings is 1. The van der Waals surface area contributed by atoms with Gasteiger partial charge in [0.15, 0.2) is 17.3 Å². The predicted octanol–water partition coefficient (Wildman–Crippen LogP) is 3.67. The van der Waals surface area contributed by atoms with E-state index >= 15 is 0 Å². The van der Waals surface area contributed by atoms with Crippen molar-refractivity contribution in [2.75, 3.05) is 21.3 Å². The van der Waals surface area contributed by atoms with Gasteiger partial charge in [-0.15, -0.1) is 11.3 Å². The number of aryl methyl sites for hydroxylation is 1. The van der Waals surface area contributed by atoms with Gasteiger partial charge in [0.05, 0.1) is 38.4 Å². The van der Waals surface area contributed by atoms with E-state index in [1.54, 1.807) is 23.5 Å². The molecule has 0 aliphatic heterocycles. The molecule has 2 heterocycles. The van der Waals surface area contributed by atoms with E-state index in [2.05, 4.69) is 10.3 Å². The van der Waals surface area contributed by atoms with Crippen molar-refractivity contribution in [1.29, 1.82) is 0 Å². The zero-order valence-corrected chi connectivity index (χ0v) is 16.3. The summed E-state index contributed by atoms with van der Waals surface area (Å²) in [4.78, 5) is 17.0. The highest BCUT2D eigenvalue weighted by atomic mass is 32.1. The minimum absolute atomic E-state index is 0.236. The Morgan fingerprint density at radius 1 is 1.11 bits per heavy atom. The minimum atomic E-state index is -0.310. The van der Waals surface area contributed by atoms with Gasteiger partial charge in [-0.2, -0.15) is 0 Å². The van der Waals surface area contributed by atoms with Crippen LogP contribution in [0.25, 0.3) is 11.5 Å². The topological polar surface area (TPSA) is 82.8 Å². The van der Waals surface area contributed by atoms with Crippen LogP contribution in [0.1, 0.15) is 21.1 Å². The molecule has 0 saturated heterocycles. The first-order valence-electron chi connectivity index (χ1n) is 8.15. The summed E-state index contributed by atoms with van der Waals surface area (Å²) in [6, 6.07) is 6.85. The van der Waals surface area contributed by atoms with Crippen molar-refractivity contribution < 1.29 is 23.4 Å². The number of benzene rings is 1. The van der Waals surface area contributed by atoms with E-state index < -0.39 is 0 Å². The van der Waals surface area contributed by atoms with E-state index in [0.29, 0.717) is 34.3 Å². The molecule has 0 aliphatic rings. The first-order chi connectivity index (χ1) is 13.0. The van der Waals surface area contributed by atoms with Crippen LogP contribution >= 0.6 is 11.3 Å². The molecule has 7 nitrogen and oxygen atoms in total. The number of carbonyl (C=O) groups excluding carboxylic acids is 1. The van der Waals surface area contributed by atoms with Crippen molar-refractivity contribution in [2.45, 2.75) is 13.5 Å². The Kier molecular flexibility index (Phi) is 5.66. The summed E-state index contributed by atoms with van der Waals surface area (Å²) in [5.74, 6) is 2.32. The molecule has 0 spiro atoms. The molecular formula is C19H20N2O5S. The van der Waals surface area contributed by atoms with Gasteiger partial charge in [0.25, 0.3) is 5.91 Å². The molecule has 142 valence electrons. The van der Waals surface area contributed by atoms with Gasteiger partial charge >= 0.3 is 0 Å². The maximum atomic E-state index is 12.6. The van der Waals surface area contributed by atoms with Gasteiger partial charge in [0, 0.05) is 17.5 Å². The lowest BCUT2D eigenvalue weighted by atomic mass is 10.1. The van der Waals surface area contributed by atoms with Crippen molar-refractivity contribution in [3.63, 3.8) is 0 Å². The minimum Gasteiger partial charge on any atom is -0.496 e.